The van der Waals surface area contributed by atoms with Gasteiger partial charge in [0.25, 0.3) is 5.69 Å². The molecule has 0 fully saturated rings. The molecule has 4 rings (SSSR count). The SMILES string of the molecule is O=C(CSc1nc(=O)n(Cc2ccco2)c2c1CCC2)Nc1ccccc1[N+](=O)[O-]. The Labute approximate surface area is 175 Å². The molecule has 1 aromatic carbocycles. The van der Waals surface area contributed by atoms with Crippen molar-refractivity contribution in [2.24, 2.45) is 0 Å². The topological polar surface area (TPSA) is 120 Å². The van der Waals surface area contributed by atoms with Crippen LogP contribution in [0.25, 0.3) is 0 Å². The second kappa shape index (κ2) is 8.54. The number of anilines is 1. The molecule has 1 N–H and O–H groups in total. The highest BCUT2D eigenvalue weighted by molar-refractivity contribution is 8.00. The van der Waals surface area contributed by atoms with Crippen LogP contribution in [0.1, 0.15) is 23.4 Å². The number of nitro benzene ring substituents is 1. The van der Waals surface area contributed by atoms with E-state index in [1.54, 1.807) is 23.0 Å². The fourth-order valence-electron chi connectivity index (χ4n) is 3.49. The first kappa shape index (κ1) is 19.9. The number of fused-ring (bicyclic) bond motifs is 1. The van der Waals surface area contributed by atoms with Crippen molar-refractivity contribution in [1.82, 2.24) is 9.55 Å². The smallest absolute Gasteiger partial charge is 0.349 e. The lowest BCUT2D eigenvalue weighted by atomic mass is 10.2. The van der Waals surface area contributed by atoms with Gasteiger partial charge in [-0.3, -0.25) is 19.5 Å². The standard InChI is InChI=1S/C20H18N4O5S/c25-18(21-15-7-1-2-8-17(15)24(27)28)12-30-19-14-6-3-9-16(14)23(20(26)22-19)11-13-5-4-10-29-13/h1-2,4-5,7-8,10H,3,6,9,11-12H2,(H,21,25). The zero-order chi connectivity index (χ0) is 21.1. The van der Waals surface area contributed by atoms with E-state index in [2.05, 4.69) is 10.3 Å². The number of nitrogens with zero attached hydrogens (tertiary/aromatic N) is 3. The summed E-state index contributed by atoms with van der Waals surface area (Å²) < 4.78 is 6.97. The number of thioether (sulfide) groups is 1. The zero-order valence-corrected chi connectivity index (χ0v) is 16.7. The van der Waals surface area contributed by atoms with E-state index < -0.39 is 10.8 Å². The molecule has 2 heterocycles. The van der Waals surface area contributed by atoms with E-state index in [0.717, 1.165) is 30.5 Å². The summed E-state index contributed by atoms with van der Waals surface area (Å²) in [5, 5.41) is 14.2. The highest BCUT2D eigenvalue weighted by Gasteiger charge is 2.23. The number of nitro groups is 1. The Morgan fingerprint density at radius 3 is 2.87 bits per heavy atom. The summed E-state index contributed by atoms with van der Waals surface area (Å²) in [6.45, 7) is 0.324. The first-order valence-electron chi connectivity index (χ1n) is 9.34. The number of carbonyl (C=O) groups is 1. The molecule has 0 radical (unpaired) electrons. The van der Waals surface area contributed by atoms with Crippen LogP contribution in [0.2, 0.25) is 0 Å². The molecule has 1 amide bonds. The average molecular weight is 426 g/mol. The maximum absolute atomic E-state index is 12.6. The molecule has 0 saturated carbocycles. The maximum Gasteiger partial charge on any atom is 0.349 e. The van der Waals surface area contributed by atoms with Gasteiger partial charge in [-0.25, -0.2) is 4.79 Å². The molecule has 0 atom stereocenters. The number of para-hydroxylation sites is 2. The van der Waals surface area contributed by atoms with Gasteiger partial charge in [0.2, 0.25) is 5.91 Å². The fraction of sp³-hybridized carbons (Fsp3) is 0.250. The van der Waals surface area contributed by atoms with Gasteiger partial charge in [0.1, 0.15) is 16.5 Å². The van der Waals surface area contributed by atoms with Gasteiger partial charge in [-0.05, 0) is 37.5 Å². The monoisotopic (exact) mass is 426 g/mol. The van der Waals surface area contributed by atoms with Crippen LogP contribution in [0.5, 0.6) is 0 Å². The number of amides is 1. The van der Waals surface area contributed by atoms with Gasteiger partial charge in [-0.1, -0.05) is 23.9 Å². The van der Waals surface area contributed by atoms with Gasteiger partial charge in [0.05, 0.1) is 23.5 Å². The average Bonchev–Trinajstić information content (AvgIpc) is 3.41. The number of aromatic nitrogens is 2. The van der Waals surface area contributed by atoms with Crippen LogP contribution in [-0.2, 0) is 24.2 Å². The van der Waals surface area contributed by atoms with Crippen LogP contribution in [0.3, 0.4) is 0 Å². The lowest BCUT2D eigenvalue weighted by molar-refractivity contribution is -0.383. The molecule has 0 unspecified atom stereocenters. The van der Waals surface area contributed by atoms with Crippen LogP contribution < -0.4 is 11.0 Å². The largest absolute Gasteiger partial charge is 0.467 e. The first-order valence-corrected chi connectivity index (χ1v) is 10.3. The van der Waals surface area contributed by atoms with Crippen molar-refractivity contribution >= 4 is 29.0 Å². The number of nitrogens with one attached hydrogen (secondary N) is 1. The summed E-state index contributed by atoms with van der Waals surface area (Å²) in [5.41, 5.74) is 1.49. The Balaban J connectivity index is 1.50. The van der Waals surface area contributed by atoms with Crippen molar-refractivity contribution in [1.29, 1.82) is 0 Å². The highest BCUT2D eigenvalue weighted by atomic mass is 32.2. The summed E-state index contributed by atoms with van der Waals surface area (Å²) in [7, 11) is 0. The number of benzene rings is 1. The second-order valence-corrected chi connectivity index (χ2v) is 7.72. The van der Waals surface area contributed by atoms with Gasteiger partial charge in [-0.2, -0.15) is 4.98 Å². The molecule has 1 aliphatic rings. The van der Waals surface area contributed by atoms with E-state index in [-0.39, 0.29) is 22.8 Å². The third kappa shape index (κ3) is 4.13. The Bertz CT molecular complexity index is 1160. The molecule has 2 aromatic heterocycles. The number of hydrogen-bond acceptors (Lipinski definition) is 7. The van der Waals surface area contributed by atoms with E-state index in [4.69, 9.17) is 4.42 Å². The molecule has 9 nitrogen and oxygen atoms in total. The predicted molar refractivity (Wildman–Crippen MR) is 111 cm³/mol. The summed E-state index contributed by atoms with van der Waals surface area (Å²) in [4.78, 5) is 39.7. The van der Waals surface area contributed by atoms with Crippen LogP contribution in [-0.4, -0.2) is 26.1 Å². The van der Waals surface area contributed by atoms with Crippen molar-refractivity contribution in [3.8, 4) is 0 Å². The van der Waals surface area contributed by atoms with E-state index in [0.29, 0.717) is 17.3 Å². The molecule has 0 bridgehead atoms. The Morgan fingerprint density at radius 2 is 2.10 bits per heavy atom. The number of carbonyl (C=O) groups excluding carboxylic acids is 1. The molecule has 1 aliphatic carbocycles. The summed E-state index contributed by atoms with van der Waals surface area (Å²) >= 11 is 1.17. The molecule has 30 heavy (non-hydrogen) atoms. The number of furan rings is 1. The third-order valence-electron chi connectivity index (χ3n) is 4.81. The maximum atomic E-state index is 12.6. The lowest BCUT2D eigenvalue weighted by Crippen LogP contribution is -2.28. The molecule has 10 heteroatoms. The van der Waals surface area contributed by atoms with E-state index in [1.807, 2.05) is 6.07 Å². The van der Waals surface area contributed by atoms with Gasteiger partial charge < -0.3 is 9.73 Å². The van der Waals surface area contributed by atoms with Crippen molar-refractivity contribution in [3.05, 3.63) is 80.3 Å². The molecule has 0 spiro atoms. The molecule has 154 valence electrons. The Hall–Kier alpha value is -3.40. The number of hydrogen-bond donors (Lipinski definition) is 1. The van der Waals surface area contributed by atoms with Gasteiger partial charge >= 0.3 is 5.69 Å². The predicted octanol–water partition coefficient (Wildman–Crippen LogP) is 3.01. The van der Waals surface area contributed by atoms with Crippen LogP contribution in [0.15, 0.2) is 56.9 Å². The van der Waals surface area contributed by atoms with Gasteiger partial charge in [-0.15, -0.1) is 0 Å². The normalized spacial score (nSPS) is 12.5. The minimum atomic E-state index is -0.546. The fourth-order valence-corrected chi connectivity index (χ4v) is 4.36. The molecular formula is C20H18N4O5S. The van der Waals surface area contributed by atoms with Crippen molar-refractivity contribution < 1.29 is 14.1 Å². The summed E-state index contributed by atoms with van der Waals surface area (Å²) in [6, 6.07) is 9.54. The van der Waals surface area contributed by atoms with Crippen LogP contribution >= 0.6 is 11.8 Å². The molecule has 0 aliphatic heterocycles. The highest BCUT2D eigenvalue weighted by Crippen LogP contribution is 2.30. The minimum absolute atomic E-state index is 0.00682. The molecule has 3 aromatic rings. The van der Waals surface area contributed by atoms with Gasteiger partial charge in [0, 0.05) is 17.3 Å². The van der Waals surface area contributed by atoms with E-state index >= 15 is 0 Å². The third-order valence-corrected chi connectivity index (χ3v) is 5.83. The Kier molecular flexibility index (Phi) is 5.66. The quantitative estimate of drug-likeness (QED) is 0.267. The first-order chi connectivity index (χ1) is 14.5. The molecular weight excluding hydrogens is 408 g/mol. The van der Waals surface area contributed by atoms with E-state index in [1.165, 1.54) is 30.0 Å². The summed E-state index contributed by atoms with van der Waals surface area (Å²) in [5.74, 6) is 0.271. The van der Waals surface area contributed by atoms with Crippen molar-refractivity contribution in [2.75, 3.05) is 11.1 Å². The van der Waals surface area contributed by atoms with Crippen LogP contribution in [0, 0.1) is 10.1 Å². The second-order valence-electron chi connectivity index (χ2n) is 6.75. The molecule has 0 saturated heterocycles. The Morgan fingerprint density at radius 1 is 1.27 bits per heavy atom. The van der Waals surface area contributed by atoms with Crippen LogP contribution in [0.4, 0.5) is 11.4 Å². The summed E-state index contributed by atoms with van der Waals surface area (Å²) in [6.07, 6.45) is 4.03. The van der Waals surface area contributed by atoms with Crippen molar-refractivity contribution in [2.45, 2.75) is 30.8 Å². The van der Waals surface area contributed by atoms with E-state index in [9.17, 15) is 19.7 Å². The minimum Gasteiger partial charge on any atom is -0.467 e. The van der Waals surface area contributed by atoms with Crippen molar-refractivity contribution in [3.63, 3.8) is 0 Å². The lowest BCUT2D eigenvalue weighted by Gasteiger charge is -2.13. The van der Waals surface area contributed by atoms with Gasteiger partial charge in [0.15, 0.2) is 0 Å². The zero-order valence-electron chi connectivity index (χ0n) is 15.9. The number of rotatable bonds is 7.